The molecule has 21 heavy (non-hydrogen) atoms. The minimum Gasteiger partial charge on any atom is -0.481 e. The predicted octanol–water partition coefficient (Wildman–Crippen LogP) is 0.363. The van der Waals surface area contributed by atoms with Crippen LogP contribution in [0.5, 0.6) is 0 Å². The number of hydrogen-bond acceptors (Lipinski definition) is 6. The molecule has 0 bridgehead atoms. The molecular formula is C11H14N2O7S. The number of hydrogen-bond donors (Lipinski definition) is 2. The average molecular weight is 318 g/mol. The van der Waals surface area contributed by atoms with Crippen LogP contribution in [0.2, 0.25) is 0 Å². The Kier molecular flexibility index (Phi) is 5.76. The minimum absolute atomic E-state index is 0.308. The van der Waals surface area contributed by atoms with E-state index in [0.717, 1.165) is 12.1 Å². The Hall–Kier alpha value is -2.04. The molecule has 1 rings (SSSR count). The number of carboxylic acid groups (broad SMARTS) is 1. The fourth-order valence-electron chi connectivity index (χ4n) is 1.55. The lowest BCUT2D eigenvalue weighted by atomic mass is 10.2. The third kappa shape index (κ3) is 4.77. The molecule has 10 heteroatoms. The number of nitrogens with zero attached hydrogens (tertiary/aromatic N) is 1. The maximum atomic E-state index is 12.0. The Balaban J connectivity index is 2.92. The quantitative estimate of drug-likeness (QED) is 0.521. The Labute approximate surface area is 120 Å². The van der Waals surface area contributed by atoms with E-state index in [2.05, 4.69) is 4.72 Å². The standard InChI is InChI=1S/C11H14N2O7S/c1-20-8(6-11(14)15)7-12-21(18,19)10-5-3-2-4-9(10)13(16)17/h2-5,8,12H,6-7H2,1H3,(H,14,15). The van der Waals surface area contributed by atoms with Crippen LogP contribution in [0.1, 0.15) is 6.42 Å². The summed E-state index contributed by atoms with van der Waals surface area (Å²) in [6.07, 6.45) is -1.27. The number of sulfonamides is 1. The van der Waals surface area contributed by atoms with Gasteiger partial charge in [-0.1, -0.05) is 12.1 Å². The van der Waals surface area contributed by atoms with Crippen LogP contribution in [-0.2, 0) is 19.6 Å². The molecule has 0 aliphatic carbocycles. The zero-order valence-corrected chi connectivity index (χ0v) is 11.9. The van der Waals surface area contributed by atoms with Crippen LogP contribution in [0.3, 0.4) is 0 Å². The Morgan fingerprint density at radius 2 is 2.10 bits per heavy atom. The first-order valence-electron chi connectivity index (χ1n) is 5.75. The highest BCUT2D eigenvalue weighted by molar-refractivity contribution is 7.89. The summed E-state index contributed by atoms with van der Waals surface area (Å²) < 4.78 is 31.0. The van der Waals surface area contributed by atoms with Gasteiger partial charge >= 0.3 is 5.97 Å². The second-order valence-corrected chi connectivity index (χ2v) is 5.77. The molecule has 1 atom stereocenters. The van der Waals surface area contributed by atoms with Crippen molar-refractivity contribution in [3.63, 3.8) is 0 Å². The molecule has 9 nitrogen and oxygen atoms in total. The summed E-state index contributed by atoms with van der Waals surface area (Å²) in [4.78, 5) is 20.1. The van der Waals surface area contributed by atoms with E-state index in [9.17, 15) is 23.3 Å². The number of rotatable bonds is 8. The van der Waals surface area contributed by atoms with Crippen LogP contribution in [0, 0.1) is 10.1 Å². The number of para-hydroxylation sites is 1. The molecule has 1 unspecified atom stereocenters. The van der Waals surface area contributed by atoms with Crippen molar-refractivity contribution >= 4 is 21.7 Å². The van der Waals surface area contributed by atoms with Gasteiger partial charge in [-0.05, 0) is 6.07 Å². The molecule has 0 heterocycles. The number of ether oxygens (including phenoxy) is 1. The first-order valence-corrected chi connectivity index (χ1v) is 7.24. The molecule has 0 fully saturated rings. The van der Waals surface area contributed by atoms with Crippen molar-refractivity contribution < 1.29 is 28.0 Å². The van der Waals surface area contributed by atoms with Crippen LogP contribution >= 0.6 is 0 Å². The van der Waals surface area contributed by atoms with Crippen LogP contribution in [0.15, 0.2) is 29.2 Å². The number of aliphatic carboxylic acids is 1. The predicted molar refractivity (Wildman–Crippen MR) is 71.3 cm³/mol. The average Bonchev–Trinajstić information content (AvgIpc) is 2.43. The Morgan fingerprint density at radius 3 is 2.62 bits per heavy atom. The van der Waals surface area contributed by atoms with Gasteiger partial charge in [-0.25, -0.2) is 13.1 Å². The van der Waals surface area contributed by atoms with Crippen LogP contribution in [-0.4, -0.2) is 44.2 Å². The van der Waals surface area contributed by atoms with Gasteiger partial charge in [0, 0.05) is 19.7 Å². The lowest BCUT2D eigenvalue weighted by molar-refractivity contribution is -0.387. The first-order chi connectivity index (χ1) is 9.77. The third-order valence-corrected chi connectivity index (χ3v) is 4.06. The molecule has 0 aliphatic rings. The summed E-state index contributed by atoms with van der Waals surface area (Å²) in [5.41, 5.74) is -0.558. The molecule has 116 valence electrons. The topological polar surface area (TPSA) is 136 Å². The second kappa shape index (κ2) is 7.11. The summed E-state index contributed by atoms with van der Waals surface area (Å²) >= 11 is 0. The Bertz CT molecular complexity index is 629. The molecule has 0 saturated carbocycles. The first kappa shape index (κ1) is 17.0. The van der Waals surface area contributed by atoms with Crippen LogP contribution in [0.4, 0.5) is 5.69 Å². The lowest BCUT2D eigenvalue weighted by Gasteiger charge is -2.14. The normalized spacial score (nSPS) is 12.8. The monoisotopic (exact) mass is 318 g/mol. The van der Waals surface area contributed by atoms with Gasteiger partial charge in [0.2, 0.25) is 10.0 Å². The molecule has 0 radical (unpaired) electrons. The van der Waals surface area contributed by atoms with Crippen molar-refractivity contribution in [3.8, 4) is 0 Å². The van der Waals surface area contributed by atoms with Crippen molar-refractivity contribution in [2.75, 3.05) is 13.7 Å². The van der Waals surface area contributed by atoms with E-state index in [-0.39, 0.29) is 6.54 Å². The third-order valence-electron chi connectivity index (χ3n) is 2.59. The van der Waals surface area contributed by atoms with Gasteiger partial charge in [-0.2, -0.15) is 0 Å². The highest BCUT2D eigenvalue weighted by atomic mass is 32.2. The highest BCUT2D eigenvalue weighted by Crippen LogP contribution is 2.22. The summed E-state index contributed by atoms with van der Waals surface area (Å²) in [7, 11) is -2.90. The summed E-state index contributed by atoms with van der Waals surface area (Å²) in [5.74, 6) is -1.15. The summed E-state index contributed by atoms with van der Waals surface area (Å²) in [6.45, 7) is -0.308. The number of nitrogens with one attached hydrogen (secondary N) is 1. The van der Waals surface area contributed by atoms with Gasteiger partial charge in [0.05, 0.1) is 17.4 Å². The van der Waals surface area contributed by atoms with Crippen LogP contribution < -0.4 is 4.72 Å². The Morgan fingerprint density at radius 1 is 1.48 bits per heavy atom. The van der Waals surface area contributed by atoms with Crippen molar-refractivity contribution in [1.29, 1.82) is 0 Å². The molecular weight excluding hydrogens is 304 g/mol. The van der Waals surface area contributed by atoms with Crippen molar-refractivity contribution in [3.05, 3.63) is 34.4 Å². The number of nitro benzene ring substituents is 1. The lowest BCUT2D eigenvalue weighted by Crippen LogP contribution is -2.34. The van der Waals surface area contributed by atoms with E-state index in [1.807, 2.05) is 0 Å². The second-order valence-electron chi connectivity index (χ2n) is 4.03. The SMILES string of the molecule is COC(CNS(=O)(=O)c1ccccc1[N+](=O)[O-])CC(=O)O. The zero-order chi connectivity index (χ0) is 16.0. The van der Waals surface area contributed by atoms with Crippen molar-refractivity contribution in [1.82, 2.24) is 4.72 Å². The molecule has 1 aromatic carbocycles. The molecule has 0 amide bonds. The van der Waals surface area contributed by atoms with E-state index < -0.39 is 44.0 Å². The van der Waals surface area contributed by atoms with E-state index >= 15 is 0 Å². The van der Waals surface area contributed by atoms with Gasteiger partial charge < -0.3 is 9.84 Å². The van der Waals surface area contributed by atoms with E-state index in [1.54, 1.807) is 0 Å². The number of nitro groups is 1. The molecule has 0 aromatic heterocycles. The maximum absolute atomic E-state index is 12.0. The fraction of sp³-hybridized carbons (Fsp3) is 0.364. The van der Waals surface area contributed by atoms with E-state index in [0.29, 0.717) is 0 Å². The van der Waals surface area contributed by atoms with Gasteiger partial charge in [0.15, 0.2) is 4.90 Å². The molecule has 0 saturated heterocycles. The maximum Gasteiger partial charge on any atom is 0.306 e. The fourth-order valence-corrected chi connectivity index (χ4v) is 2.79. The number of benzene rings is 1. The number of carbonyl (C=O) groups is 1. The van der Waals surface area contributed by atoms with E-state index in [1.165, 1.54) is 19.2 Å². The molecule has 2 N–H and O–H groups in total. The van der Waals surface area contributed by atoms with Crippen molar-refractivity contribution in [2.45, 2.75) is 17.4 Å². The molecule has 1 aromatic rings. The number of carboxylic acids is 1. The minimum atomic E-state index is -4.14. The van der Waals surface area contributed by atoms with Gasteiger partial charge in [0.1, 0.15) is 0 Å². The zero-order valence-electron chi connectivity index (χ0n) is 11.1. The molecule has 0 aliphatic heterocycles. The van der Waals surface area contributed by atoms with Gasteiger partial charge in [-0.15, -0.1) is 0 Å². The summed E-state index contributed by atoms with van der Waals surface area (Å²) in [5, 5.41) is 19.5. The smallest absolute Gasteiger partial charge is 0.306 e. The largest absolute Gasteiger partial charge is 0.481 e. The van der Waals surface area contributed by atoms with E-state index in [4.69, 9.17) is 9.84 Å². The van der Waals surface area contributed by atoms with Crippen LogP contribution in [0.25, 0.3) is 0 Å². The molecule has 0 spiro atoms. The highest BCUT2D eigenvalue weighted by Gasteiger charge is 2.26. The van der Waals surface area contributed by atoms with Gasteiger partial charge in [-0.3, -0.25) is 14.9 Å². The van der Waals surface area contributed by atoms with Crippen molar-refractivity contribution in [2.24, 2.45) is 0 Å². The van der Waals surface area contributed by atoms with Gasteiger partial charge in [0.25, 0.3) is 5.69 Å². The summed E-state index contributed by atoms with van der Waals surface area (Å²) in [6, 6.07) is 4.87. The number of methoxy groups -OCH3 is 1.